The molecule has 6 nitrogen and oxygen atoms in total. The van der Waals surface area contributed by atoms with E-state index in [2.05, 4.69) is 19.8 Å². The molecular weight excluding hydrogens is 290 g/mol. The number of hydrogen-bond donors (Lipinski definition) is 1. The fourth-order valence-corrected chi connectivity index (χ4v) is 2.81. The molecule has 0 spiro atoms. The van der Waals surface area contributed by atoms with E-state index in [4.69, 9.17) is 10.5 Å². The summed E-state index contributed by atoms with van der Waals surface area (Å²) in [5.41, 5.74) is 8.49. The number of piperazine rings is 1. The van der Waals surface area contributed by atoms with Gasteiger partial charge >= 0.3 is 0 Å². The number of benzene rings is 1. The van der Waals surface area contributed by atoms with Crippen molar-refractivity contribution in [2.45, 2.75) is 0 Å². The Bertz CT molecular complexity index is 623. The van der Waals surface area contributed by atoms with Crippen molar-refractivity contribution in [3.63, 3.8) is 0 Å². The van der Waals surface area contributed by atoms with E-state index < -0.39 is 0 Å². The molecule has 0 radical (unpaired) electrons. The number of hydrogen-bond acceptors (Lipinski definition) is 6. The summed E-state index contributed by atoms with van der Waals surface area (Å²) in [6.07, 6.45) is 3.50. The third-order valence-electron chi connectivity index (χ3n) is 4.15. The van der Waals surface area contributed by atoms with Gasteiger partial charge < -0.3 is 15.4 Å². The van der Waals surface area contributed by atoms with Crippen LogP contribution < -0.4 is 10.6 Å². The van der Waals surface area contributed by atoms with Crippen LogP contribution in [0.25, 0.3) is 11.3 Å². The monoisotopic (exact) mass is 313 g/mol. The zero-order valence-corrected chi connectivity index (χ0v) is 13.5. The molecule has 2 heterocycles. The molecule has 1 aromatic carbocycles. The lowest BCUT2D eigenvalue weighted by Gasteiger charge is -2.35. The maximum atomic E-state index is 5.78. The third-order valence-corrected chi connectivity index (χ3v) is 4.15. The molecule has 0 saturated carbocycles. The summed E-state index contributed by atoms with van der Waals surface area (Å²) >= 11 is 0. The van der Waals surface area contributed by atoms with Gasteiger partial charge in [-0.1, -0.05) is 12.1 Å². The van der Waals surface area contributed by atoms with Crippen LogP contribution in [0.4, 0.5) is 11.5 Å². The molecule has 0 aliphatic carbocycles. The van der Waals surface area contributed by atoms with Crippen LogP contribution in [0, 0.1) is 0 Å². The normalized spacial score (nSPS) is 15.8. The van der Waals surface area contributed by atoms with E-state index in [0.717, 1.165) is 62.1 Å². The van der Waals surface area contributed by atoms with Gasteiger partial charge in [-0.2, -0.15) is 0 Å². The van der Waals surface area contributed by atoms with E-state index >= 15 is 0 Å². The highest BCUT2D eigenvalue weighted by molar-refractivity contribution is 5.73. The van der Waals surface area contributed by atoms with E-state index in [1.807, 2.05) is 24.3 Å². The molecule has 6 heteroatoms. The second-order valence-corrected chi connectivity index (χ2v) is 5.67. The van der Waals surface area contributed by atoms with Crippen LogP contribution in [0.3, 0.4) is 0 Å². The van der Waals surface area contributed by atoms with E-state index in [0.29, 0.717) is 0 Å². The second-order valence-electron chi connectivity index (χ2n) is 5.67. The van der Waals surface area contributed by atoms with Crippen LogP contribution in [0.15, 0.2) is 36.7 Å². The van der Waals surface area contributed by atoms with Crippen molar-refractivity contribution in [2.24, 2.45) is 0 Å². The molecule has 1 saturated heterocycles. The first-order valence-electron chi connectivity index (χ1n) is 7.91. The zero-order valence-electron chi connectivity index (χ0n) is 13.5. The first-order chi connectivity index (χ1) is 11.3. The van der Waals surface area contributed by atoms with E-state index in [-0.39, 0.29) is 0 Å². The minimum absolute atomic E-state index is 0.756. The SMILES string of the molecule is COCCN1CCN(c2nccnc2-c2ccc(N)cc2)CC1. The van der Waals surface area contributed by atoms with E-state index in [1.54, 1.807) is 19.5 Å². The Balaban J connectivity index is 1.75. The van der Waals surface area contributed by atoms with Crippen molar-refractivity contribution >= 4 is 11.5 Å². The lowest BCUT2D eigenvalue weighted by Crippen LogP contribution is -2.47. The molecule has 122 valence electrons. The molecule has 0 atom stereocenters. The standard InChI is InChI=1S/C17H23N5O/c1-23-13-12-21-8-10-22(11-9-21)17-16(19-6-7-20-17)14-2-4-15(18)5-3-14/h2-7H,8-13,18H2,1H3. The second kappa shape index (κ2) is 7.39. The molecule has 2 aromatic rings. The largest absolute Gasteiger partial charge is 0.399 e. The van der Waals surface area contributed by atoms with Crippen LogP contribution in [0.2, 0.25) is 0 Å². The van der Waals surface area contributed by atoms with Gasteiger partial charge in [0.1, 0.15) is 5.69 Å². The quantitative estimate of drug-likeness (QED) is 0.844. The summed E-state index contributed by atoms with van der Waals surface area (Å²) in [4.78, 5) is 13.8. The van der Waals surface area contributed by atoms with Gasteiger partial charge in [-0.3, -0.25) is 9.88 Å². The first-order valence-corrected chi connectivity index (χ1v) is 7.91. The average Bonchev–Trinajstić information content (AvgIpc) is 2.61. The fraction of sp³-hybridized carbons (Fsp3) is 0.412. The zero-order chi connectivity index (χ0) is 16.1. The number of methoxy groups -OCH3 is 1. The summed E-state index contributed by atoms with van der Waals surface area (Å²) in [7, 11) is 1.74. The molecular formula is C17H23N5O. The van der Waals surface area contributed by atoms with E-state index in [1.165, 1.54) is 0 Å². The summed E-state index contributed by atoms with van der Waals surface area (Å²) in [6.45, 7) is 5.69. The molecule has 23 heavy (non-hydrogen) atoms. The predicted molar refractivity (Wildman–Crippen MR) is 92.4 cm³/mol. The Hall–Kier alpha value is -2.18. The van der Waals surface area contributed by atoms with Gasteiger partial charge in [0.2, 0.25) is 0 Å². The maximum absolute atomic E-state index is 5.78. The summed E-state index contributed by atoms with van der Waals surface area (Å²) in [6, 6.07) is 7.79. The molecule has 3 rings (SSSR count). The first kappa shape index (κ1) is 15.7. The van der Waals surface area contributed by atoms with Gasteiger partial charge in [0.05, 0.1) is 6.61 Å². The number of anilines is 2. The highest BCUT2D eigenvalue weighted by atomic mass is 16.5. The van der Waals surface area contributed by atoms with Crippen LogP contribution >= 0.6 is 0 Å². The van der Waals surface area contributed by atoms with Crippen LogP contribution in [0.1, 0.15) is 0 Å². The average molecular weight is 313 g/mol. The smallest absolute Gasteiger partial charge is 0.155 e. The van der Waals surface area contributed by atoms with Crippen molar-refractivity contribution in [2.75, 3.05) is 57.1 Å². The van der Waals surface area contributed by atoms with Crippen LogP contribution in [-0.2, 0) is 4.74 Å². The van der Waals surface area contributed by atoms with Gasteiger partial charge in [-0.25, -0.2) is 4.98 Å². The van der Waals surface area contributed by atoms with Crippen molar-refractivity contribution in [3.05, 3.63) is 36.7 Å². The van der Waals surface area contributed by atoms with Gasteiger partial charge in [0.15, 0.2) is 5.82 Å². The number of nitrogens with zero attached hydrogens (tertiary/aromatic N) is 4. The summed E-state index contributed by atoms with van der Waals surface area (Å²) in [5.74, 6) is 0.948. The molecule has 2 N–H and O–H groups in total. The fourth-order valence-electron chi connectivity index (χ4n) is 2.81. The number of nitrogen functional groups attached to an aromatic ring is 1. The lowest BCUT2D eigenvalue weighted by atomic mass is 10.1. The van der Waals surface area contributed by atoms with Crippen LogP contribution in [-0.4, -0.2) is 61.3 Å². The minimum Gasteiger partial charge on any atom is -0.399 e. The number of nitrogens with two attached hydrogens (primary N) is 1. The lowest BCUT2D eigenvalue weighted by molar-refractivity contribution is 0.144. The predicted octanol–water partition coefficient (Wildman–Crippen LogP) is 1.49. The highest BCUT2D eigenvalue weighted by Crippen LogP contribution is 2.27. The molecule has 1 aliphatic rings. The van der Waals surface area contributed by atoms with Gasteiger partial charge in [-0.15, -0.1) is 0 Å². The van der Waals surface area contributed by atoms with Crippen molar-refractivity contribution in [1.82, 2.24) is 14.9 Å². The third kappa shape index (κ3) is 3.78. The van der Waals surface area contributed by atoms with Crippen molar-refractivity contribution in [3.8, 4) is 11.3 Å². The number of ether oxygens (including phenoxy) is 1. The number of rotatable bonds is 5. The van der Waals surface area contributed by atoms with Crippen LogP contribution in [0.5, 0.6) is 0 Å². The molecule has 0 unspecified atom stereocenters. The summed E-state index contributed by atoms with van der Waals surface area (Å²) in [5, 5.41) is 0. The van der Waals surface area contributed by atoms with Crippen molar-refractivity contribution < 1.29 is 4.74 Å². The summed E-state index contributed by atoms with van der Waals surface area (Å²) < 4.78 is 5.15. The number of aromatic nitrogens is 2. The van der Waals surface area contributed by atoms with Gasteiger partial charge in [0.25, 0.3) is 0 Å². The van der Waals surface area contributed by atoms with Gasteiger partial charge in [-0.05, 0) is 12.1 Å². The Labute approximate surface area is 136 Å². The maximum Gasteiger partial charge on any atom is 0.155 e. The van der Waals surface area contributed by atoms with E-state index in [9.17, 15) is 0 Å². The molecule has 0 amide bonds. The highest BCUT2D eigenvalue weighted by Gasteiger charge is 2.21. The Morgan fingerprint density at radius 2 is 1.74 bits per heavy atom. The molecule has 1 aliphatic heterocycles. The molecule has 1 fully saturated rings. The molecule has 1 aromatic heterocycles. The Morgan fingerprint density at radius 1 is 1.04 bits per heavy atom. The Kier molecular flexibility index (Phi) is 5.05. The molecule has 0 bridgehead atoms. The Morgan fingerprint density at radius 3 is 2.43 bits per heavy atom. The van der Waals surface area contributed by atoms with Crippen molar-refractivity contribution in [1.29, 1.82) is 0 Å². The minimum atomic E-state index is 0.756. The van der Waals surface area contributed by atoms with Gasteiger partial charge in [0, 0.05) is 63.5 Å². The topological polar surface area (TPSA) is 67.5 Å².